The summed E-state index contributed by atoms with van der Waals surface area (Å²) >= 11 is 0. The third-order valence-electron chi connectivity index (χ3n) is 7.98. The Morgan fingerprint density at radius 1 is 0.907 bits per heavy atom. The molecule has 3 aliphatic rings. The van der Waals surface area contributed by atoms with Gasteiger partial charge in [0.15, 0.2) is 12.6 Å². The number of aliphatic hydroxyl groups excluding tert-OH is 7. The molecule has 43 heavy (non-hydrogen) atoms. The molecule has 1 saturated carbocycles. The monoisotopic (exact) mass is 627 g/mol. The van der Waals surface area contributed by atoms with Crippen molar-refractivity contribution in [2.24, 2.45) is 28.7 Å². The van der Waals surface area contributed by atoms with Gasteiger partial charge in [-0.05, 0) is 12.8 Å². The summed E-state index contributed by atoms with van der Waals surface area (Å²) in [5, 5.41) is 76.9. The van der Waals surface area contributed by atoms with Crippen molar-refractivity contribution in [3.63, 3.8) is 0 Å². The van der Waals surface area contributed by atoms with Crippen LogP contribution in [0.5, 0.6) is 0 Å². The van der Waals surface area contributed by atoms with E-state index in [4.69, 9.17) is 52.7 Å². The Kier molecular flexibility index (Phi) is 13.8. The first kappa shape index (κ1) is 36.3. The van der Waals surface area contributed by atoms with E-state index in [0.717, 1.165) is 0 Å². The molecule has 2 unspecified atom stereocenters. The molecule has 3 rings (SSSR count). The molecule has 3 fully saturated rings. The highest BCUT2D eigenvalue weighted by atomic mass is 16.7. The van der Waals surface area contributed by atoms with Gasteiger partial charge < -0.3 is 94.0 Å². The van der Waals surface area contributed by atoms with Gasteiger partial charge in [0.05, 0.1) is 43.5 Å². The number of aliphatic hydroxyl groups is 7. The van der Waals surface area contributed by atoms with Crippen molar-refractivity contribution >= 4 is 5.91 Å². The number of nitrogens with one attached hydrogen (secondary N) is 2. The second kappa shape index (κ2) is 16.4. The summed E-state index contributed by atoms with van der Waals surface area (Å²) in [6, 6.07) is -4.62. The van der Waals surface area contributed by atoms with E-state index in [1.807, 2.05) is 0 Å². The number of ether oxygens (including phenoxy) is 4. The summed E-state index contributed by atoms with van der Waals surface area (Å²) in [6.07, 6.45) is -14.4. The van der Waals surface area contributed by atoms with Gasteiger partial charge >= 0.3 is 0 Å². The lowest BCUT2D eigenvalue weighted by molar-refractivity contribution is -0.316. The molecule has 2 heterocycles. The molecule has 0 aromatic heterocycles. The van der Waals surface area contributed by atoms with Crippen molar-refractivity contribution in [3.8, 4) is 0 Å². The lowest BCUT2D eigenvalue weighted by Crippen LogP contribution is -2.69. The van der Waals surface area contributed by atoms with Crippen LogP contribution in [0, 0.1) is 0 Å². The van der Waals surface area contributed by atoms with E-state index in [1.54, 1.807) is 0 Å². The van der Waals surface area contributed by atoms with Crippen LogP contribution >= 0.6 is 0 Å². The van der Waals surface area contributed by atoms with E-state index < -0.39 is 110 Å². The van der Waals surface area contributed by atoms with Crippen LogP contribution in [-0.2, 0) is 23.7 Å². The van der Waals surface area contributed by atoms with Gasteiger partial charge in [0.2, 0.25) is 5.91 Å². The smallest absolute Gasteiger partial charge is 0.250 e. The molecule has 0 aromatic carbocycles. The van der Waals surface area contributed by atoms with Gasteiger partial charge in [-0.15, -0.1) is 0 Å². The number of hydrogen-bond donors (Lipinski definition) is 14. The summed E-state index contributed by atoms with van der Waals surface area (Å²) in [4.78, 5) is 12.5. The van der Waals surface area contributed by atoms with Crippen LogP contribution in [0.15, 0.2) is 0 Å². The van der Waals surface area contributed by atoms with Crippen molar-refractivity contribution in [2.45, 2.75) is 111 Å². The number of carbonyl (C=O) groups is 1. The highest BCUT2D eigenvalue weighted by Crippen LogP contribution is 2.31. The summed E-state index contributed by atoms with van der Waals surface area (Å²) < 4.78 is 23.4. The van der Waals surface area contributed by atoms with Gasteiger partial charge in [-0.2, -0.15) is 0 Å². The minimum Gasteiger partial charge on any atom is -0.395 e. The SMILES string of the molecule is NC[C@H](O)C(=O)N[C@@H]1C[C@H](N)C(O[C@H]2O[C@H](CNCC(N)CO)[C@@H](O)C[C@H]2N)[C@H](O)[C@H]1O[C@H]1O[C@H](CO)[C@@H](O)[C@H](N)[C@H]1O. The third-order valence-corrected chi connectivity index (χ3v) is 7.98. The number of rotatable bonds is 13. The van der Waals surface area contributed by atoms with Crippen molar-refractivity contribution in [2.75, 3.05) is 32.8 Å². The third kappa shape index (κ3) is 8.95. The van der Waals surface area contributed by atoms with Crippen LogP contribution < -0.4 is 39.3 Å². The van der Waals surface area contributed by atoms with Gasteiger partial charge in [-0.3, -0.25) is 4.79 Å². The Hall–Kier alpha value is -1.21. The van der Waals surface area contributed by atoms with Crippen LogP contribution in [-0.4, -0.2) is 172 Å². The molecule has 19 N–H and O–H groups in total. The van der Waals surface area contributed by atoms with Gasteiger partial charge in [0.25, 0.3) is 0 Å². The fraction of sp³-hybridized carbons (Fsp3) is 0.958. The average Bonchev–Trinajstić information content (AvgIpc) is 2.98. The van der Waals surface area contributed by atoms with E-state index >= 15 is 0 Å². The summed E-state index contributed by atoms with van der Waals surface area (Å²) in [5.41, 5.74) is 29.5. The lowest BCUT2D eigenvalue weighted by Gasteiger charge is -2.48. The first-order valence-electron chi connectivity index (χ1n) is 14.3. The Morgan fingerprint density at radius 2 is 1.56 bits per heavy atom. The molecule has 19 heteroatoms. The van der Waals surface area contributed by atoms with Crippen molar-refractivity contribution < 1.29 is 59.5 Å². The maximum Gasteiger partial charge on any atom is 0.250 e. The molecule has 0 spiro atoms. The van der Waals surface area contributed by atoms with Crippen LogP contribution in [0.1, 0.15) is 12.8 Å². The fourth-order valence-corrected chi connectivity index (χ4v) is 5.36. The summed E-state index contributed by atoms with van der Waals surface area (Å²) in [7, 11) is 0. The Labute approximate surface area is 248 Å². The Balaban J connectivity index is 1.78. The van der Waals surface area contributed by atoms with Gasteiger partial charge in [-0.1, -0.05) is 0 Å². The lowest BCUT2D eigenvalue weighted by atomic mass is 9.83. The maximum absolute atomic E-state index is 12.5. The number of carbonyl (C=O) groups excluding carboxylic acids is 1. The molecule has 2 saturated heterocycles. The Morgan fingerprint density at radius 3 is 2.19 bits per heavy atom. The standard InChI is InChI=1S/C24H49N7O12/c25-3-13(35)22(39)31-11-1-9(27)20(19(38)21(11)43-24-18(37)16(29)17(36)15(7-33)41-24)42-23-10(28)2-12(34)14(40-23)5-30-4-8(26)6-32/h8-21,23-24,30,32-38H,1-7,25-29H2,(H,31,39)/t8?,9-,10+,11+,12-,13-,14+,15+,16-,17+,18+,19-,20?,21-,23+,24+/m0/s1. The number of nitrogens with two attached hydrogens (primary N) is 5. The first-order valence-corrected chi connectivity index (χ1v) is 14.3. The van der Waals surface area contributed by atoms with Crippen molar-refractivity contribution in [1.29, 1.82) is 0 Å². The quantitative estimate of drug-likeness (QED) is 0.0900. The minimum atomic E-state index is -1.61. The van der Waals surface area contributed by atoms with E-state index in [0.29, 0.717) is 0 Å². The van der Waals surface area contributed by atoms with Crippen LogP contribution in [0.3, 0.4) is 0 Å². The topological polar surface area (TPSA) is 350 Å². The highest BCUT2D eigenvalue weighted by molar-refractivity contribution is 5.81. The zero-order chi connectivity index (χ0) is 32.0. The normalized spacial score (nSPS) is 43.6. The summed E-state index contributed by atoms with van der Waals surface area (Å²) in [5.74, 6) is -0.867. The molecule has 16 atom stereocenters. The van der Waals surface area contributed by atoms with Gasteiger partial charge in [0.1, 0.15) is 42.7 Å². The molecular weight excluding hydrogens is 578 g/mol. The molecule has 0 aromatic rings. The second-order valence-corrected chi connectivity index (χ2v) is 11.4. The van der Waals surface area contributed by atoms with E-state index in [2.05, 4.69) is 10.6 Å². The van der Waals surface area contributed by atoms with Crippen LogP contribution in [0.25, 0.3) is 0 Å². The molecule has 2 aliphatic heterocycles. The molecule has 0 radical (unpaired) electrons. The predicted molar refractivity (Wildman–Crippen MR) is 146 cm³/mol. The zero-order valence-electron chi connectivity index (χ0n) is 23.7. The maximum atomic E-state index is 12.5. The molecule has 1 aliphatic carbocycles. The van der Waals surface area contributed by atoms with Gasteiger partial charge in [0, 0.05) is 31.7 Å². The average molecular weight is 628 g/mol. The minimum absolute atomic E-state index is 0.0645. The van der Waals surface area contributed by atoms with E-state index in [9.17, 15) is 35.4 Å². The van der Waals surface area contributed by atoms with Crippen molar-refractivity contribution in [1.82, 2.24) is 10.6 Å². The largest absolute Gasteiger partial charge is 0.395 e. The summed E-state index contributed by atoms with van der Waals surface area (Å²) in [6.45, 7) is -0.867. The van der Waals surface area contributed by atoms with Crippen LogP contribution in [0.2, 0.25) is 0 Å². The number of hydrogen-bond acceptors (Lipinski definition) is 18. The fourth-order valence-electron chi connectivity index (χ4n) is 5.36. The molecule has 1 amide bonds. The molecular formula is C24H49N7O12. The predicted octanol–water partition coefficient (Wildman–Crippen LogP) is -8.87. The highest BCUT2D eigenvalue weighted by Gasteiger charge is 2.51. The second-order valence-electron chi connectivity index (χ2n) is 11.4. The molecule has 0 bridgehead atoms. The van der Waals surface area contributed by atoms with Crippen LogP contribution in [0.4, 0.5) is 0 Å². The first-order chi connectivity index (χ1) is 20.3. The number of amides is 1. The molecule has 252 valence electrons. The zero-order valence-corrected chi connectivity index (χ0v) is 23.7. The van der Waals surface area contributed by atoms with E-state index in [1.165, 1.54) is 0 Å². The van der Waals surface area contributed by atoms with Crippen molar-refractivity contribution in [3.05, 3.63) is 0 Å². The van der Waals surface area contributed by atoms with E-state index in [-0.39, 0.29) is 39.1 Å². The Bertz CT molecular complexity index is 867. The van der Waals surface area contributed by atoms with Gasteiger partial charge in [-0.25, -0.2) is 0 Å². The molecule has 19 nitrogen and oxygen atoms in total.